The molecule has 2 atom stereocenters. The maximum Gasteiger partial charge on any atom is 0.410 e. The molecule has 0 bridgehead atoms. The molecule has 0 saturated carbocycles. The minimum Gasteiger partial charge on any atom is -0.444 e. The number of likely N-dealkylation sites (tertiary alicyclic amines) is 1. The lowest BCUT2D eigenvalue weighted by Crippen LogP contribution is -2.44. The topological polar surface area (TPSA) is 64.8 Å². The summed E-state index contributed by atoms with van der Waals surface area (Å²) < 4.78 is 25.0. The van der Waals surface area contributed by atoms with Crippen LogP contribution >= 0.6 is 11.6 Å². The average molecular weight is 387 g/mol. The first-order chi connectivity index (χ1) is 12.2. The number of rotatable bonds is 5. The highest BCUT2D eigenvalue weighted by molar-refractivity contribution is 6.30. The van der Waals surface area contributed by atoms with Gasteiger partial charge in [0.1, 0.15) is 11.4 Å². The van der Waals surface area contributed by atoms with Crippen LogP contribution in [0.3, 0.4) is 0 Å². The zero-order valence-electron chi connectivity index (χ0n) is 15.6. The van der Waals surface area contributed by atoms with Crippen LogP contribution in [0.15, 0.2) is 18.2 Å². The molecule has 2 N–H and O–H groups in total. The Balaban J connectivity index is 2.16. The van der Waals surface area contributed by atoms with E-state index < -0.39 is 11.4 Å². The van der Waals surface area contributed by atoms with Gasteiger partial charge in [-0.1, -0.05) is 17.7 Å². The van der Waals surface area contributed by atoms with Gasteiger partial charge in [-0.2, -0.15) is 0 Å². The summed E-state index contributed by atoms with van der Waals surface area (Å²) in [7, 11) is 0. The third-order valence-corrected chi connectivity index (χ3v) is 4.51. The molecule has 1 aromatic rings. The number of benzene rings is 1. The number of nitrogens with two attached hydrogens (primary N) is 1. The number of carbonyl (C=O) groups is 1. The van der Waals surface area contributed by atoms with E-state index in [9.17, 15) is 9.18 Å². The number of hydrogen-bond acceptors (Lipinski definition) is 4. The molecule has 1 amide bonds. The van der Waals surface area contributed by atoms with Crippen molar-refractivity contribution in [3.63, 3.8) is 0 Å². The first-order valence-corrected chi connectivity index (χ1v) is 9.33. The van der Waals surface area contributed by atoms with Crippen molar-refractivity contribution < 1.29 is 18.7 Å². The molecule has 146 valence electrons. The van der Waals surface area contributed by atoms with Gasteiger partial charge in [-0.3, -0.25) is 0 Å². The van der Waals surface area contributed by atoms with Crippen molar-refractivity contribution in [1.29, 1.82) is 0 Å². The number of carbonyl (C=O) groups excluding carboxylic acids is 1. The highest BCUT2D eigenvalue weighted by Crippen LogP contribution is 2.34. The smallest absolute Gasteiger partial charge is 0.410 e. The molecule has 1 heterocycles. The Morgan fingerprint density at radius 3 is 2.81 bits per heavy atom. The summed E-state index contributed by atoms with van der Waals surface area (Å²) in [6, 6.07) is 4.60. The molecule has 2 rings (SSSR count). The second kappa shape index (κ2) is 9.02. The number of halogens is 2. The zero-order valence-corrected chi connectivity index (χ0v) is 16.4. The van der Waals surface area contributed by atoms with Crippen LogP contribution in [0.2, 0.25) is 5.02 Å². The normalized spacial score (nSPS) is 19.3. The van der Waals surface area contributed by atoms with Gasteiger partial charge in [0, 0.05) is 25.6 Å². The predicted octanol–water partition coefficient (Wildman–Crippen LogP) is 4.14. The molecule has 0 spiro atoms. The van der Waals surface area contributed by atoms with Crippen molar-refractivity contribution in [2.75, 3.05) is 26.2 Å². The summed E-state index contributed by atoms with van der Waals surface area (Å²) in [5.41, 5.74) is 5.84. The zero-order chi connectivity index (χ0) is 19.3. The summed E-state index contributed by atoms with van der Waals surface area (Å²) in [4.78, 5) is 14.1. The standard InChI is InChI=1S/C19H28ClFN2O3/c1-19(2,3)26-18(24)23-9-4-5-14(12-23)17(25-10-8-22)13-6-7-16(21)15(20)11-13/h6-7,11,14,17H,4-5,8-10,12,22H2,1-3H3/t14?,17-/m0/s1. The summed E-state index contributed by atoms with van der Waals surface area (Å²) in [6.07, 6.45) is 1.11. The molecule has 0 aromatic heterocycles. The van der Waals surface area contributed by atoms with Crippen molar-refractivity contribution >= 4 is 17.7 Å². The molecule has 7 heteroatoms. The van der Waals surface area contributed by atoms with Crippen LogP contribution in [0.4, 0.5) is 9.18 Å². The Morgan fingerprint density at radius 1 is 1.46 bits per heavy atom. The van der Waals surface area contributed by atoms with Crippen LogP contribution in [0.5, 0.6) is 0 Å². The Labute approximate surface area is 159 Å². The van der Waals surface area contributed by atoms with Crippen LogP contribution < -0.4 is 5.73 Å². The van der Waals surface area contributed by atoms with Crippen LogP contribution in [0.1, 0.15) is 45.3 Å². The van der Waals surface area contributed by atoms with Gasteiger partial charge in [0.2, 0.25) is 0 Å². The number of hydrogen-bond donors (Lipinski definition) is 1. The van der Waals surface area contributed by atoms with E-state index in [-0.39, 0.29) is 23.1 Å². The maximum absolute atomic E-state index is 13.5. The quantitative estimate of drug-likeness (QED) is 0.825. The SMILES string of the molecule is CC(C)(C)OC(=O)N1CCCC([C@@H](OCCN)c2ccc(F)c(Cl)c2)C1. The van der Waals surface area contributed by atoms with Gasteiger partial charge < -0.3 is 20.1 Å². The van der Waals surface area contributed by atoms with Crippen LogP contribution in [-0.4, -0.2) is 42.8 Å². The molecule has 0 radical (unpaired) electrons. The lowest BCUT2D eigenvalue weighted by atomic mass is 9.88. The molecule has 1 aliphatic heterocycles. The van der Waals surface area contributed by atoms with Crippen LogP contribution in [0.25, 0.3) is 0 Å². The Bertz CT molecular complexity index is 621. The van der Waals surface area contributed by atoms with E-state index in [0.29, 0.717) is 26.2 Å². The summed E-state index contributed by atoms with van der Waals surface area (Å²) in [5, 5.41) is 0.0589. The summed E-state index contributed by atoms with van der Waals surface area (Å²) >= 11 is 5.94. The van der Waals surface area contributed by atoms with Crippen molar-refractivity contribution in [1.82, 2.24) is 4.90 Å². The van der Waals surface area contributed by atoms with E-state index >= 15 is 0 Å². The van der Waals surface area contributed by atoms with Crippen molar-refractivity contribution in [3.8, 4) is 0 Å². The van der Waals surface area contributed by atoms with E-state index in [0.717, 1.165) is 18.4 Å². The molecule has 1 aliphatic rings. The molecule has 0 aliphatic carbocycles. The first-order valence-electron chi connectivity index (χ1n) is 8.96. The van der Waals surface area contributed by atoms with E-state index in [1.807, 2.05) is 20.8 Å². The minimum atomic E-state index is -0.538. The van der Waals surface area contributed by atoms with E-state index in [4.69, 9.17) is 26.8 Å². The second-order valence-electron chi connectivity index (χ2n) is 7.58. The van der Waals surface area contributed by atoms with E-state index in [2.05, 4.69) is 0 Å². The molecule has 26 heavy (non-hydrogen) atoms. The Kier molecular flexibility index (Phi) is 7.26. The first kappa shape index (κ1) is 20.9. The van der Waals surface area contributed by atoms with Gasteiger partial charge in [-0.15, -0.1) is 0 Å². The second-order valence-corrected chi connectivity index (χ2v) is 7.99. The van der Waals surface area contributed by atoms with Crippen LogP contribution in [-0.2, 0) is 9.47 Å². The lowest BCUT2D eigenvalue weighted by Gasteiger charge is -2.37. The van der Waals surface area contributed by atoms with Gasteiger partial charge in [0.25, 0.3) is 0 Å². The average Bonchev–Trinajstić information content (AvgIpc) is 2.57. The number of ether oxygens (including phenoxy) is 2. The largest absolute Gasteiger partial charge is 0.444 e. The van der Waals surface area contributed by atoms with Crippen LogP contribution in [0, 0.1) is 11.7 Å². The molecule has 1 unspecified atom stereocenters. The number of piperidine rings is 1. The highest BCUT2D eigenvalue weighted by atomic mass is 35.5. The minimum absolute atomic E-state index is 0.0589. The Hall–Kier alpha value is -1.37. The molecular weight excluding hydrogens is 359 g/mol. The molecule has 1 fully saturated rings. The molecule has 1 aromatic carbocycles. The van der Waals surface area contributed by atoms with Crippen molar-refractivity contribution in [3.05, 3.63) is 34.6 Å². The van der Waals surface area contributed by atoms with E-state index in [1.54, 1.807) is 17.0 Å². The number of amides is 1. The fourth-order valence-corrected chi connectivity index (χ4v) is 3.33. The van der Waals surface area contributed by atoms with Crippen molar-refractivity contribution in [2.24, 2.45) is 11.7 Å². The van der Waals surface area contributed by atoms with Gasteiger partial charge in [0.05, 0.1) is 17.7 Å². The molecule has 1 saturated heterocycles. The fourth-order valence-electron chi connectivity index (χ4n) is 3.14. The monoisotopic (exact) mass is 386 g/mol. The van der Waals surface area contributed by atoms with Gasteiger partial charge in [-0.05, 0) is 51.3 Å². The lowest BCUT2D eigenvalue weighted by molar-refractivity contribution is -0.0233. The van der Waals surface area contributed by atoms with Crippen molar-refractivity contribution in [2.45, 2.75) is 45.3 Å². The van der Waals surface area contributed by atoms with E-state index in [1.165, 1.54) is 6.07 Å². The third kappa shape index (κ3) is 5.83. The summed E-state index contributed by atoms with van der Waals surface area (Å²) in [6.45, 7) is 7.47. The summed E-state index contributed by atoms with van der Waals surface area (Å²) in [5.74, 6) is -0.406. The molecular formula is C19H28ClFN2O3. The Morgan fingerprint density at radius 2 is 2.19 bits per heavy atom. The van der Waals surface area contributed by atoms with Gasteiger partial charge >= 0.3 is 6.09 Å². The number of nitrogens with zero attached hydrogens (tertiary/aromatic N) is 1. The van der Waals surface area contributed by atoms with Gasteiger partial charge in [0.15, 0.2) is 0 Å². The fraction of sp³-hybridized carbons (Fsp3) is 0.632. The maximum atomic E-state index is 13.5. The highest BCUT2D eigenvalue weighted by Gasteiger charge is 2.33. The van der Waals surface area contributed by atoms with Gasteiger partial charge in [-0.25, -0.2) is 9.18 Å². The predicted molar refractivity (Wildman–Crippen MR) is 99.7 cm³/mol. The third-order valence-electron chi connectivity index (χ3n) is 4.23. The molecule has 5 nitrogen and oxygen atoms in total.